The van der Waals surface area contributed by atoms with Crippen molar-refractivity contribution in [1.82, 2.24) is 0 Å². The zero-order chi connectivity index (χ0) is 14.6. The Morgan fingerprint density at radius 3 is 2.10 bits per heavy atom. The van der Waals surface area contributed by atoms with Crippen molar-refractivity contribution >= 4 is 5.69 Å². The maximum absolute atomic E-state index is 12.4. The van der Waals surface area contributed by atoms with Crippen LogP contribution in [0.4, 0.5) is 18.9 Å². The van der Waals surface area contributed by atoms with E-state index in [0.29, 0.717) is 0 Å². The first-order valence-electron chi connectivity index (χ1n) is 6.46. The molecule has 0 heterocycles. The third-order valence-corrected chi connectivity index (χ3v) is 3.16. The van der Waals surface area contributed by atoms with E-state index in [9.17, 15) is 13.2 Å². The van der Waals surface area contributed by atoms with Gasteiger partial charge < -0.3 is 5.73 Å². The minimum absolute atomic E-state index is 0.600. The predicted octanol–water partition coefficient (Wildman–Crippen LogP) is 4.46. The molecule has 2 aromatic carbocycles. The molecule has 2 N–H and O–H groups in total. The normalized spacial score (nSPS) is 11.6. The summed E-state index contributed by atoms with van der Waals surface area (Å²) >= 11 is 0. The summed E-state index contributed by atoms with van der Waals surface area (Å²) in [6.07, 6.45) is -1.76. The van der Waals surface area contributed by atoms with Crippen LogP contribution in [-0.2, 0) is 19.0 Å². The molecule has 0 fully saturated rings. The molecule has 0 saturated heterocycles. The molecule has 106 valence electrons. The standard InChI is InChI=1S/C16H16F3N/c17-16(18,19)14-9-7-12(8-10-14)3-1-4-13-5-2-6-15(20)11-13/h2,5-11H,1,3-4,20H2. The van der Waals surface area contributed by atoms with Crippen LogP contribution in [-0.4, -0.2) is 0 Å². The molecule has 0 unspecified atom stereocenters. The van der Waals surface area contributed by atoms with E-state index in [1.807, 2.05) is 24.3 Å². The smallest absolute Gasteiger partial charge is 0.399 e. The fourth-order valence-corrected chi connectivity index (χ4v) is 2.11. The van der Waals surface area contributed by atoms with Crippen molar-refractivity contribution in [1.29, 1.82) is 0 Å². The first kappa shape index (κ1) is 14.4. The SMILES string of the molecule is Nc1cccc(CCCc2ccc(C(F)(F)F)cc2)c1. The van der Waals surface area contributed by atoms with E-state index in [-0.39, 0.29) is 0 Å². The van der Waals surface area contributed by atoms with Crippen LogP contribution in [0.25, 0.3) is 0 Å². The number of aryl methyl sites for hydroxylation is 2. The summed E-state index contributed by atoms with van der Waals surface area (Å²) in [5.41, 5.74) is 7.89. The lowest BCUT2D eigenvalue weighted by Gasteiger charge is -2.07. The van der Waals surface area contributed by atoms with Gasteiger partial charge in [0.05, 0.1) is 5.56 Å². The number of hydrogen-bond donors (Lipinski definition) is 1. The first-order valence-corrected chi connectivity index (χ1v) is 6.46. The Morgan fingerprint density at radius 2 is 1.50 bits per heavy atom. The molecule has 20 heavy (non-hydrogen) atoms. The number of benzene rings is 2. The molecule has 0 bridgehead atoms. The Hall–Kier alpha value is -1.97. The zero-order valence-electron chi connectivity index (χ0n) is 11.0. The van der Waals surface area contributed by atoms with E-state index < -0.39 is 11.7 Å². The highest BCUT2D eigenvalue weighted by molar-refractivity contribution is 5.40. The van der Waals surface area contributed by atoms with Crippen LogP contribution < -0.4 is 5.73 Å². The monoisotopic (exact) mass is 279 g/mol. The topological polar surface area (TPSA) is 26.0 Å². The average molecular weight is 279 g/mol. The van der Waals surface area contributed by atoms with Crippen LogP contribution in [0, 0.1) is 0 Å². The molecule has 0 aliphatic rings. The largest absolute Gasteiger partial charge is 0.416 e. The maximum atomic E-state index is 12.4. The van der Waals surface area contributed by atoms with Gasteiger partial charge in [0.1, 0.15) is 0 Å². The van der Waals surface area contributed by atoms with E-state index in [1.54, 1.807) is 12.1 Å². The van der Waals surface area contributed by atoms with Gasteiger partial charge >= 0.3 is 6.18 Å². The summed E-state index contributed by atoms with van der Waals surface area (Å²) in [6.45, 7) is 0. The molecule has 2 rings (SSSR count). The van der Waals surface area contributed by atoms with E-state index >= 15 is 0 Å². The average Bonchev–Trinajstić information content (AvgIpc) is 2.38. The van der Waals surface area contributed by atoms with Gasteiger partial charge in [-0.25, -0.2) is 0 Å². The van der Waals surface area contributed by atoms with E-state index in [2.05, 4.69) is 0 Å². The molecule has 0 aliphatic carbocycles. The molecular weight excluding hydrogens is 263 g/mol. The second kappa shape index (κ2) is 5.99. The minimum atomic E-state index is -4.26. The minimum Gasteiger partial charge on any atom is -0.399 e. The van der Waals surface area contributed by atoms with Crippen molar-refractivity contribution in [2.45, 2.75) is 25.4 Å². The highest BCUT2D eigenvalue weighted by atomic mass is 19.4. The predicted molar refractivity (Wildman–Crippen MR) is 74.3 cm³/mol. The quantitative estimate of drug-likeness (QED) is 0.821. The molecule has 1 nitrogen and oxygen atoms in total. The van der Waals surface area contributed by atoms with Gasteiger partial charge in [-0.15, -0.1) is 0 Å². The Labute approximate surface area is 116 Å². The van der Waals surface area contributed by atoms with Gasteiger partial charge in [-0.1, -0.05) is 24.3 Å². The lowest BCUT2D eigenvalue weighted by atomic mass is 10.0. The Bertz CT molecular complexity index is 559. The van der Waals surface area contributed by atoms with Crippen molar-refractivity contribution in [3.63, 3.8) is 0 Å². The van der Waals surface area contributed by atoms with Crippen molar-refractivity contribution in [3.8, 4) is 0 Å². The summed E-state index contributed by atoms with van der Waals surface area (Å²) in [4.78, 5) is 0. The number of hydrogen-bond acceptors (Lipinski definition) is 1. The Morgan fingerprint density at radius 1 is 0.850 bits per heavy atom. The summed E-state index contributed by atoms with van der Waals surface area (Å²) in [6, 6.07) is 13.0. The lowest BCUT2D eigenvalue weighted by molar-refractivity contribution is -0.137. The van der Waals surface area contributed by atoms with E-state index in [1.165, 1.54) is 0 Å². The highest BCUT2D eigenvalue weighted by Gasteiger charge is 2.29. The first-order chi connectivity index (χ1) is 9.45. The van der Waals surface area contributed by atoms with Crippen molar-refractivity contribution < 1.29 is 13.2 Å². The van der Waals surface area contributed by atoms with Crippen LogP contribution >= 0.6 is 0 Å². The van der Waals surface area contributed by atoms with Gasteiger partial charge in [0.15, 0.2) is 0 Å². The lowest BCUT2D eigenvalue weighted by Crippen LogP contribution is -2.04. The fraction of sp³-hybridized carbons (Fsp3) is 0.250. The molecule has 0 amide bonds. The molecule has 0 spiro atoms. The van der Waals surface area contributed by atoms with E-state index in [4.69, 9.17) is 5.73 Å². The third-order valence-electron chi connectivity index (χ3n) is 3.16. The van der Waals surface area contributed by atoms with Gasteiger partial charge in [-0.2, -0.15) is 13.2 Å². The summed E-state index contributed by atoms with van der Waals surface area (Å²) in [5.74, 6) is 0. The van der Waals surface area contributed by atoms with Crippen LogP contribution in [0.5, 0.6) is 0 Å². The van der Waals surface area contributed by atoms with Crippen LogP contribution in [0.15, 0.2) is 48.5 Å². The van der Waals surface area contributed by atoms with E-state index in [0.717, 1.165) is 48.2 Å². The summed E-state index contributed by atoms with van der Waals surface area (Å²) in [7, 11) is 0. The maximum Gasteiger partial charge on any atom is 0.416 e. The van der Waals surface area contributed by atoms with Gasteiger partial charge in [-0.3, -0.25) is 0 Å². The van der Waals surface area contributed by atoms with Crippen LogP contribution in [0.3, 0.4) is 0 Å². The van der Waals surface area contributed by atoms with Crippen molar-refractivity contribution in [2.75, 3.05) is 5.73 Å². The second-order valence-corrected chi connectivity index (χ2v) is 4.79. The second-order valence-electron chi connectivity index (χ2n) is 4.79. The number of alkyl halides is 3. The molecular formula is C16H16F3N. The number of nitrogens with two attached hydrogens (primary N) is 1. The van der Waals surface area contributed by atoms with Crippen LogP contribution in [0.1, 0.15) is 23.1 Å². The highest BCUT2D eigenvalue weighted by Crippen LogP contribution is 2.29. The Balaban J connectivity index is 1.88. The van der Waals surface area contributed by atoms with Crippen molar-refractivity contribution in [2.24, 2.45) is 0 Å². The zero-order valence-corrected chi connectivity index (χ0v) is 11.0. The molecule has 0 saturated carbocycles. The molecule has 4 heteroatoms. The molecule has 0 atom stereocenters. The van der Waals surface area contributed by atoms with Crippen molar-refractivity contribution in [3.05, 3.63) is 65.2 Å². The number of rotatable bonds is 4. The summed E-state index contributed by atoms with van der Waals surface area (Å²) in [5, 5.41) is 0. The van der Waals surface area contributed by atoms with Gasteiger partial charge in [0.2, 0.25) is 0 Å². The number of anilines is 1. The number of halogens is 3. The van der Waals surface area contributed by atoms with Gasteiger partial charge in [0.25, 0.3) is 0 Å². The molecule has 0 aliphatic heterocycles. The van der Waals surface area contributed by atoms with Gasteiger partial charge in [0, 0.05) is 5.69 Å². The summed E-state index contributed by atoms with van der Waals surface area (Å²) < 4.78 is 37.3. The Kier molecular flexibility index (Phi) is 4.32. The molecule has 0 radical (unpaired) electrons. The van der Waals surface area contributed by atoms with Gasteiger partial charge in [-0.05, 0) is 54.7 Å². The molecule has 2 aromatic rings. The third kappa shape index (κ3) is 4.02. The fourth-order valence-electron chi connectivity index (χ4n) is 2.11. The molecule has 0 aromatic heterocycles. The van der Waals surface area contributed by atoms with Crippen LogP contribution in [0.2, 0.25) is 0 Å². The number of nitrogen functional groups attached to an aromatic ring is 1.